The van der Waals surface area contributed by atoms with Gasteiger partial charge in [-0.2, -0.15) is 0 Å². The second-order valence-corrected chi connectivity index (χ2v) is 3.04. The molecule has 0 saturated heterocycles. The van der Waals surface area contributed by atoms with E-state index in [4.69, 9.17) is 5.73 Å². The number of nitrogens with two attached hydrogens (primary N) is 1. The molecule has 0 amide bonds. The van der Waals surface area contributed by atoms with Crippen LogP contribution in [0.15, 0.2) is 0 Å². The van der Waals surface area contributed by atoms with E-state index in [-0.39, 0.29) is 12.1 Å². The second kappa shape index (κ2) is 2.65. The topological polar surface area (TPSA) is 26.0 Å². The standard InChI is InChI=1S/C7H14FN/c8-5-7(6-9)3-1-2-4-7/h1-6,9H2. The van der Waals surface area contributed by atoms with Gasteiger partial charge in [0.25, 0.3) is 0 Å². The average Bonchev–Trinajstić information content (AvgIpc) is 2.36. The summed E-state index contributed by atoms with van der Waals surface area (Å²) >= 11 is 0. The Balaban J connectivity index is 2.45. The van der Waals surface area contributed by atoms with Crippen LogP contribution in [0.4, 0.5) is 4.39 Å². The summed E-state index contributed by atoms with van der Waals surface area (Å²) in [5.41, 5.74) is 5.33. The van der Waals surface area contributed by atoms with Crippen molar-refractivity contribution in [1.29, 1.82) is 0 Å². The Morgan fingerprint density at radius 3 is 2.11 bits per heavy atom. The van der Waals surface area contributed by atoms with Crippen LogP contribution in [0.3, 0.4) is 0 Å². The first kappa shape index (κ1) is 7.00. The number of hydrogen-bond donors (Lipinski definition) is 1. The minimum atomic E-state index is -0.219. The third-order valence-corrected chi connectivity index (χ3v) is 2.38. The van der Waals surface area contributed by atoms with Gasteiger partial charge in [0.15, 0.2) is 0 Å². The maximum Gasteiger partial charge on any atom is 0.0962 e. The lowest BCUT2D eigenvalue weighted by Crippen LogP contribution is -2.29. The van der Waals surface area contributed by atoms with Gasteiger partial charge in [-0.3, -0.25) is 4.39 Å². The molecule has 1 fully saturated rings. The van der Waals surface area contributed by atoms with E-state index in [2.05, 4.69) is 0 Å². The first-order chi connectivity index (χ1) is 4.33. The molecule has 0 heterocycles. The van der Waals surface area contributed by atoms with Gasteiger partial charge in [-0.15, -0.1) is 0 Å². The normalized spacial score (nSPS) is 24.7. The van der Waals surface area contributed by atoms with Crippen molar-refractivity contribution < 1.29 is 4.39 Å². The van der Waals surface area contributed by atoms with Crippen LogP contribution in [0.25, 0.3) is 0 Å². The number of hydrogen-bond acceptors (Lipinski definition) is 1. The summed E-state index contributed by atoms with van der Waals surface area (Å²) in [5.74, 6) is 0. The summed E-state index contributed by atoms with van der Waals surface area (Å²) in [5, 5.41) is 0. The smallest absolute Gasteiger partial charge is 0.0962 e. The fraction of sp³-hybridized carbons (Fsp3) is 1.00. The molecule has 0 atom stereocenters. The molecule has 0 radical (unpaired) electrons. The Morgan fingerprint density at radius 1 is 1.33 bits per heavy atom. The van der Waals surface area contributed by atoms with Crippen molar-refractivity contribution in [3.8, 4) is 0 Å². The van der Waals surface area contributed by atoms with Crippen molar-refractivity contribution in [1.82, 2.24) is 0 Å². The predicted octanol–water partition coefficient (Wildman–Crippen LogP) is 1.48. The summed E-state index contributed by atoms with van der Waals surface area (Å²) in [4.78, 5) is 0. The molecule has 0 aromatic carbocycles. The molecule has 0 aromatic heterocycles. The van der Waals surface area contributed by atoms with E-state index >= 15 is 0 Å². The van der Waals surface area contributed by atoms with E-state index in [0.717, 1.165) is 12.8 Å². The quantitative estimate of drug-likeness (QED) is 0.603. The SMILES string of the molecule is NCC1(CF)CCCC1. The van der Waals surface area contributed by atoms with Crippen LogP contribution in [0.2, 0.25) is 0 Å². The molecule has 2 heteroatoms. The molecule has 1 aliphatic rings. The third-order valence-electron chi connectivity index (χ3n) is 2.38. The zero-order valence-electron chi connectivity index (χ0n) is 5.70. The zero-order valence-corrected chi connectivity index (χ0v) is 5.70. The van der Waals surface area contributed by atoms with Crippen molar-refractivity contribution in [2.45, 2.75) is 25.7 Å². The van der Waals surface area contributed by atoms with Crippen LogP contribution in [-0.2, 0) is 0 Å². The summed E-state index contributed by atoms with van der Waals surface area (Å²) in [6.07, 6.45) is 4.34. The van der Waals surface area contributed by atoms with Crippen molar-refractivity contribution in [2.24, 2.45) is 11.1 Å². The zero-order chi connectivity index (χ0) is 6.74. The molecule has 1 saturated carbocycles. The predicted molar refractivity (Wildman–Crippen MR) is 35.9 cm³/mol. The van der Waals surface area contributed by atoms with Gasteiger partial charge in [-0.25, -0.2) is 0 Å². The van der Waals surface area contributed by atoms with Crippen molar-refractivity contribution in [3.63, 3.8) is 0 Å². The van der Waals surface area contributed by atoms with Crippen molar-refractivity contribution in [3.05, 3.63) is 0 Å². The molecule has 0 spiro atoms. The van der Waals surface area contributed by atoms with E-state index in [0.29, 0.717) is 6.54 Å². The van der Waals surface area contributed by atoms with E-state index in [1.165, 1.54) is 12.8 Å². The molecule has 1 rings (SSSR count). The summed E-state index contributed by atoms with van der Waals surface area (Å²) in [6, 6.07) is 0. The minimum Gasteiger partial charge on any atom is -0.330 e. The molecule has 0 aliphatic heterocycles. The lowest BCUT2D eigenvalue weighted by Gasteiger charge is -2.21. The van der Waals surface area contributed by atoms with Crippen molar-refractivity contribution >= 4 is 0 Å². The van der Waals surface area contributed by atoms with Crippen LogP contribution in [0.5, 0.6) is 0 Å². The maximum absolute atomic E-state index is 12.3. The molecule has 9 heavy (non-hydrogen) atoms. The second-order valence-electron chi connectivity index (χ2n) is 3.04. The van der Waals surface area contributed by atoms with E-state index in [9.17, 15) is 4.39 Å². The molecule has 1 nitrogen and oxygen atoms in total. The van der Waals surface area contributed by atoms with Gasteiger partial charge in [0, 0.05) is 12.0 Å². The van der Waals surface area contributed by atoms with Gasteiger partial charge in [0.1, 0.15) is 0 Å². The fourth-order valence-corrected chi connectivity index (χ4v) is 1.52. The average molecular weight is 131 g/mol. The van der Waals surface area contributed by atoms with Gasteiger partial charge >= 0.3 is 0 Å². The highest BCUT2D eigenvalue weighted by Gasteiger charge is 2.31. The lowest BCUT2D eigenvalue weighted by atomic mass is 9.88. The van der Waals surface area contributed by atoms with Crippen LogP contribution >= 0.6 is 0 Å². The molecule has 1 aliphatic carbocycles. The number of alkyl halides is 1. The van der Waals surface area contributed by atoms with E-state index in [1.807, 2.05) is 0 Å². The lowest BCUT2D eigenvalue weighted by molar-refractivity contribution is 0.222. The maximum atomic E-state index is 12.3. The van der Waals surface area contributed by atoms with Gasteiger partial charge in [-0.05, 0) is 12.8 Å². The van der Waals surface area contributed by atoms with Crippen molar-refractivity contribution in [2.75, 3.05) is 13.2 Å². The summed E-state index contributed by atoms with van der Waals surface area (Å²) < 4.78 is 12.3. The highest BCUT2D eigenvalue weighted by molar-refractivity contribution is 4.84. The highest BCUT2D eigenvalue weighted by atomic mass is 19.1. The first-order valence-electron chi connectivity index (χ1n) is 3.59. The van der Waals surface area contributed by atoms with Gasteiger partial charge < -0.3 is 5.73 Å². The Labute approximate surface area is 55.4 Å². The van der Waals surface area contributed by atoms with Gasteiger partial charge in [0.2, 0.25) is 0 Å². The molecule has 0 aromatic rings. The largest absolute Gasteiger partial charge is 0.330 e. The van der Waals surface area contributed by atoms with Crippen LogP contribution in [0, 0.1) is 5.41 Å². The summed E-state index contributed by atoms with van der Waals surface area (Å²) in [7, 11) is 0. The Hall–Kier alpha value is -0.110. The molecular weight excluding hydrogens is 117 g/mol. The van der Waals surface area contributed by atoms with Crippen LogP contribution in [-0.4, -0.2) is 13.2 Å². The number of halogens is 1. The highest BCUT2D eigenvalue weighted by Crippen LogP contribution is 2.37. The van der Waals surface area contributed by atoms with Crippen LogP contribution in [0.1, 0.15) is 25.7 Å². The molecule has 2 N–H and O–H groups in total. The Bertz CT molecular complexity index is 80.9. The van der Waals surface area contributed by atoms with Gasteiger partial charge in [0.05, 0.1) is 6.67 Å². The Kier molecular flexibility index (Phi) is 2.06. The number of rotatable bonds is 2. The molecule has 0 bridgehead atoms. The van der Waals surface area contributed by atoms with Crippen LogP contribution < -0.4 is 5.73 Å². The molecule has 54 valence electrons. The van der Waals surface area contributed by atoms with E-state index < -0.39 is 0 Å². The van der Waals surface area contributed by atoms with Gasteiger partial charge in [-0.1, -0.05) is 12.8 Å². The summed E-state index contributed by atoms with van der Waals surface area (Å²) in [6.45, 7) is 0.312. The third kappa shape index (κ3) is 1.23. The van der Waals surface area contributed by atoms with E-state index in [1.54, 1.807) is 0 Å². The monoisotopic (exact) mass is 131 g/mol. The first-order valence-corrected chi connectivity index (χ1v) is 3.59. The molecular formula is C7H14FN. The fourth-order valence-electron chi connectivity index (χ4n) is 1.52. The molecule has 0 unspecified atom stereocenters. The Morgan fingerprint density at radius 2 is 1.89 bits per heavy atom. The minimum absolute atomic E-state index is 0.111.